The summed E-state index contributed by atoms with van der Waals surface area (Å²) in [5, 5.41) is 6.12. The van der Waals surface area contributed by atoms with Gasteiger partial charge >= 0.3 is 0 Å². The first-order valence-corrected chi connectivity index (χ1v) is 8.08. The first-order chi connectivity index (χ1) is 11.1. The molecule has 2 N–H and O–H groups in total. The van der Waals surface area contributed by atoms with Crippen molar-refractivity contribution >= 4 is 11.9 Å². The predicted molar refractivity (Wildman–Crippen MR) is 90.3 cm³/mol. The summed E-state index contributed by atoms with van der Waals surface area (Å²) in [6, 6.07) is 0. The number of likely N-dealkylation sites (tertiary alicyclic amines) is 1. The predicted octanol–water partition coefficient (Wildman–Crippen LogP) is 0.904. The molecule has 1 aliphatic rings. The van der Waals surface area contributed by atoms with Crippen molar-refractivity contribution in [2.75, 3.05) is 33.2 Å². The van der Waals surface area contributed by atoms with Crippen molar-refractivity contribution in [3.63, 3.8) is 0 Å². The molecule has 1 saturated heterocycles. The lowest BCUT2D eigenvalue weighted by Crippen LogP contribution is -2.43. The van der Waals surface area contributed by atoms with E-state index in [1.165, 1.54) is 25.2 Å². The van der Waals surface area contributed by atoms with Gasteiger partial charge in [0, 0.05) is 45.6 Å². The average Bonchev–Trinajstić information content (AvgIpc) is 2.98. The third kappa shape index (κ3) is 4.64. The zero-order valence-corrected chi connectivity index (χ0v) is 14.2. The number of hydrogen-bond donors (Lipinski definition) is 2. The highest BCUT2D eigenvalue weighted by molar-refractivity contribution is 5.91. The maximum atomic E-state index is 11.9. The maximum Gasteiger partial charge on any atom is 0.271 e. The van der Waals surface area contributed by atoms with E-state index in [1.807, 2.05) is 0 Å². The van der Waals surface area contributed by atoms with Crippen LogP contribution in [0.2, 0.25) is 0 Å². The van der Waals surface area contributed by atoms with Gasteiger partial charge in [0.1, 0.15) is 5.69 Å². The Hall–Kier alpha value is -2.18. The molecule has 1 atom stereocenters. The van der Waals surface area contributed by atoms with Gasteiger partial charge in [-0.25, -0.2) is 4.98 Å². The van der Waals surface area contributed by atoms with Crippen LogP contribution in [0, 0.1) is 5.41 Å². The van der Waals surface area contributed by atoms with Gasteiger partial charge in [-0.15, -0.1) is 0 Å². The van der Waals surface area contributed by atoms with Crippen LogP contribution in [-0.4, -0.2) is 60.0 Å². The average molecular weight is 318 g/mol. The van der Waals surface area contributed by atoms with Crippen LogP contribution in [0.15, 0.2) is 23.6 Å². The Kier molecular flexibility index (Phi) is 5.90. The topological polar surface area (TPSA) is 82.5 Å². The monoisotopic (exact) mass is 318 g/mol. The Morgan fingerprint density at radius 3 is 2.78 bits per heavy atom. The van der Waals surface area contributed by atoms with Crippen molar-refractivity contribution in [2.24, 2.45) is 10.4 Å². The van der Waals surface area contributed by atoms with Gasteiger partial charge in [0.25, 0.3) is 5.91 Å². The lowest BCUT2D eigenvalue weighted by molar-refractivity contribution is 0.0949. The number of nitrogens with one attached hydrogen (secondary N) is 2. The standard InChI is InChI=1S/C16H26N6O/c1-4-16(2)5-10-22(12-16)15(17-3)21-9-8-20-14(23)13-11-18-6-7-19-13/h6-7,11H,4-5,8-10,12H2,1-3H3,(H,17,21)(H,20,23). The molecule has 7 nitrogen and oxygen atoms in total. The largest absolute Gasteiger partial charge is 0.354 e. The summed E-state index contributed by atoms with van der Waals surface area (Å²) in [6.07, 6.45) is 6.87. The molecule has 1 aromatic heterocycles. The second kappa shape index (κ2) is 7.89. The van der Waals surface area contributed by atoms with Gasteiger partial charge in [0.05, 0.1) is 6.20 Å². The van der Waals surface area contributed by atoms with Gasteiger partial charge in [-0.1, -0.05) is 13.8 Å². The van der Waals surface area contributed by atoms with E-state index in [0.29, 0.717) is 24.2 Å². The summed E-state index contributed by atoms with van der Waals surface area (Å²) in [6.45, 7) is 7.74. The Morgan fingerprint density at radius 2 is 2.17 bits per heavy atom. The van der Waals surface area contributed by atoms with E-state index in [4.69, 9.17) is 0 Å². The molecule has 23 heavy (non-hydrogen) atoms. The van der Waals surface area contributed by atoms with Gasteiger partial charge in [-0.05, 0) is 18.3 Å². The van der Waals surface area contributed by atoms with E-state index < -0.39 is 0 Å². The summed E-state index contributed by atoms with van der Waals surface area (Å²) in [4.78, 5) is 26.3. The molecule has 0 saturated carbocycles. The molecule has 1 fully saturated rings. The summed E-state index contributed by atoms with van der Waals surface area (Å²) in [5.74, 6) is 0.686. The molecule has 0 bridgehead atoms. The molecule has 0 spiro atoms. The Labute approximate surface area is 137 Å². The molecule has 1 aliphatic heterocycles. The highest BCUT2D eigenvalue weighted by atomic mass is 16.1. The second-order valence-corrected chi connectivity index (χ2v) is 6.16. The zero-order chi connectivity index (χ0) is 16.7. The number of rotatable bonds is 5. The second-order valence-electron chi connectivity index (χ2n) is 6.16. The quantitative estimate of drug-likeness (QED) is 0.479. The van der Waals surface area contributed by atoms with Gasteiger partial charge in [-0.3, -0.25) is 14.8 Å². The Morgan fingerprint density at radius 1 is 1.39 bits per heavy atom. The van der Waals surface area contributed by atoms with Crippen molar-refractivity contribution < 1.29 is 4.79 Å². The van der Waals surface area contributed by atoms with E-state index in [-0.39, 0.29) is 5.91 Å². The molecule has 0 radical (unpaired) electrons. The lowest BCUT2D eigenvalue weighted by atomic mass is 9.87. The van der Waals surface area contributed by atoms with Crippen LogP contribution in [0.3, 0.4) is 0 Å². The van der Waals surface area contributed by atoms with Crippen LogP contribution in [0.25, 0.3) is 0 Å². The van der Waals surface area contributed by atoms with E-state index in [2.05, 4.69) is 44.3 Å². The smallest absolute Gasteiger partial charge is 0.271 e. The highest BCUT2D eigenvalue weighted by Gasteiger charge is 2.33. The minimum atomic E-state index is -0.213. The number of amides is 1. The minimum Gasteiger partial charge on any atom is -0.354 e. The number of carbonyl (C=O) groups excluding carboxylic acids is 1. The number of hydrogen-bond acceptors (Lipinski definition) is 4. The van der Waals surface area contributed by atoms with Crippen LogP contribution in [0.4, 0.5) is 0 Å². The van der Waals surface area contributed by atoms with Crippen molar-refractivity contribution in [1.82, 2.24) is 25.5 Å². The van der Waals surface area contributed by atoms with Crippen LogP contribution < -0.4 is 10.6 Å². The Bertz CT molecular complexity index is 547. The van der Waals surface area contributed by atoms with E-state index >= 15 is 0 Å². The van der Waals surface area contributed by atoms with E-state index in [1.54, 1.807) is 13.2 Å². The van der Waals surface area contributed by atoms with Crippen molar-refractivity contribution in [2.45, 2.75) is 26.7 Å². The molecule has 7 heteroatoms. The van der Waals surface area contributed by atoms with Crippen molar-refractivity contribution in [1.29, 1.82) is 0 Å². The molecule has 0 aliphatic carbocycles. The third-order valence-corrected chi connectivity index (χ3v) is 4.41. The van der Waals surface area contributed by atoms with Gasteiger partial charge < -0.3 is 15.5 Å². The van der Waals surface area contributed by atoms with Crippen LogP contribution in [0.1, 0.15) is 37.2 Å². The fourth-order valence-electron chi connectivity index (χ4n) is 2.68. The highest BCUT2D eigenvalue weighted by Crippen LogP contribution is 2.32. The number of guanidine groups is 1. The fraction of sp³-hybridized carbons (Fsp3) is 0.625. The maximum absolute atomic E-state index is 11.9. The first-order valence-electron chi connectivity index (χ1n) is 8.08. The molecular formula is C16H26N6O. The number of aliphatic imine (C=N–C) groups is 1. The lowest BCUT2D eigenvalue weighted by Gasteiger charge is -2.25. The SMILES string of the molecule is CCC1(C)CCN(C(=NC)NCCNC(=O)c2cnccn2)C1. The van der Waals surface area contributed by atoms with Crippen molar-refractivity contribution in [3.05, 3.63) is 24.3 Å². The molecule has 1 aromatic rings. The fourth-order valence-corrected chi connectivity index (χ4v) is 2.68. The normalized spacial score (nSPS) is 21.3. The van der Waals surface area contributed by atoms with E-state index in [0.717, 1.165) is 19.0 Å². The van der Waals surface area contributed by atoms with Crippen LogP contribution >= 0.6 is 0 Å². The van der Waals surface area contributed by atoms with Crippen LogP contribution in [0.5, 0.6) is 0 Å². The third-order valence-electron chi connectivity index (χ3n) is 4.41. The van der Waals surface area contributed by atoms with E-state index in [9.17, 15) is 4.79 Å². The summed E-state index contributed by atoms with van der Waals surface area (Å²) >= 11 is 0. The van der Waals surface area contributed by atoms with Crippen molar-refractivity contribution in [3.8, 4) is 0 Å². The molecule has 0 aromatic carbocycles. The molecule has 2 heterocycles. The zero-order valence-electron chi connectivity index (χ0n) is 14.2. The van der Waals surface area contributed by atoms with Crippen LogP contribution in [-0.2, 0) is 0 Å². The summed E-state index contributed by atoms with van der Waals surface area (Å²) < 4.78 is 0. The molecule has 1 amide bonds. The number of carbonyl (C=O) groups is 1. The molecule has 126 valence electrons. The number of nitrogens with zero attached hydrogens (tertiary/aromatic N) is 4. The van der Waals surface area contributed by atoms with Gasteiger partial charge in [-0.2, -0.15) is 0 Å². The first kappa shape index (κ1) is 17.2. The summed E-state index contributed by atoms with van der Waals surface area (Å²) in [7, 11) is 1.79. The Balaban J connectivity index is 1.74. The molecule has 1 unspecified atom stereocenters. The molecular weight excluding hydrogens is 292 g/mol. The van der Waals surface area contributed by atoms with Gasteiger partial charge in [0.15, 0.2) is 5.96 Å². The number of aromatic nitrogens is 2. The minimum absolute atomic E-state index is 0.213. The molecule has 2 rings (SSSR count). The summed E-state index contributed by atoms with van der Waals surface area (Å²) in [5.41, 5.74) is 0.702. The van der Waals surface area contributed by atoms with Gasteiger partial charge in [0.2, 0.25) is 0 Å².